The summed E-state index contributed by atoms with van der Waals surface area (Å²) in [6, 6.07) is 4.21. The fraction of sp³-hybridized carbons (Fsp3) is 0.167. The van der Waals surface area contributed by atoms with Gasteiger partial charge < -0.3 is 5.26 Å². The second-order valence-electron chi connectivity index (χ2n) is 2.48. The van der Waals surface area contributed by atoms with E-state index in [1.165, 1.54) is 18.2 Å². The van der Waals surface area contributed by atoms with Crippen molar-refractivity contribution in [3.8, 4) is 0 Å². The van der Waals surface area contributed by atoms with Crippen LogP contribution in [0.25, 0.3) is 0 Å². The molecule has 0 spiro atoms. The van der Waals surface area contributed by atoms with Gasteiger partial charge in [-0.2, -0.15) is 4.33 Å². The van der Waals surface area contributed by atoms with E-state index in [0.29, 0.717) is 12.0 Å². The Morgan fingerprint density at radius 2 is 1.94 bits per heavy atom. The molecule has 0 radical (unpaired) electrons. The number of hydrogen-bond acceptors (Lipinski definition) is 7. The molecular formula is C6H3Br3NNaO5S2. The topological polar surface area (TPSA) is 88.6 Å². The van der Waals surface area contributed by atoms with Crippen molar-refractivity contribution in [3.63, 3.8) is 0 Å². The van der Waals surface area contributed by atoms with Crippen LogP contribution in [0.3, 0.4) is 0 Å². The average Bonchev–Trinajstić information content (AvgIpc) is 2.25. The molecule has 1 heterocycles. The fourth-order valence-electron chi connectivity index (χ4n) is 0.759. The van der Waals surface area contributed by atoms with Crippen molar-refractivity contribution < 1.29 is 52.6 Å². The maximum atomic E-state index is 11.9. The number of hydrogen-bond donors (Lipinski definition) is 0. The molecule has 0 fully saturated rings. The summed E-state index contributed by atoms with van der Waals surface area (Å²) in [5.74, 6) is 0. The molecule has 0 unspecified atom stereocenters. The monoisotopic (exact) mass is 493 g/mol. The summed E-state index contributed by atoms with van der Waals surface area (Å²) in [7, 11) is -3.77. The van der Waals surface area contributed by atoms with Crippen molar-refractivity contribution >= 4 is 69.7 Å². The Bertz CT molecular complexity index is 494. The summed E-state index contributed by atoms with van der Waals surface area (Å²) >= 11 is 9.22. The van der Waals surface area contributed by atoms with Crippen molar-refractivity contribution in [2.45, 2.75) is 11.5 Å². The van der Waals surface area contributed by atoms with Crippen LogP contribution in [-0.2, 0) is 19.2 Å². The SMILES string of the molecule is O=S(=O)(c1cccc(SOO[O-])n1)C(Br)(Br)Br.[Na+]. The first kappa shape index (κ1) is 19.8. The first-order valence-corrected chi connectivity index (χ1v) is 8.31. The molecule has 1 aromatic rings. The van der Waals surface area contributed by atoms with E-state index >= 15 is 0 Å². The third-order valence-electron chi connectivity index (χ3n) is 1.43. The van der Waals surface area contributed by atoms with Crippen LogP contribution in [-0.4, -0.2) is 14.9 Å². The summed E-state index contributed by atoms with van der Waals surface area (Å²) in [6.45, 7) is 0. The van der Waals surface area contributed by atoms with E-state index < -0.39 is 11.3 Å². The van der Waals surface area contributed by atoms with Gasteiger partial charge in [-0.15, -0.1) is 0 Å². The van der Waals surface area contributed by atoms with Gasteiger partial charge in [0.2, 0.25) is 11.3 Å². The Morgan fingerprint density at radius 3 is 2.44 bits per heavy atom. The molecule has 18 heavy (non-hydrogen) atoms. The number of alkyl halides is 3. The van der Waals surface area contributed by atoms with Crippen LogP contribution in [0.4, 0.5) is 0 Å². The van der Waals surface area contributed by atoms with Crippen LogP contribution in [0.5, 0.6) is 0 Å². The predicted molar refractivity (Wildman–Crippen MR) is 69.0 cm³/mol. The summed E-state index contributed by atoms with van der Waals surface area (Å²) in [5, 5.41) is 12.7. The predicted octanol–water partition coefficient (Wildman–Crippen LogP) is -1.11. The zero-order valence-corrected chi connectivity index (χ0v) is 17.1. The number of aromatic nitrogens is 1. The van der Waals surface area contributed by atoms with Crippen molar-refractivity contribution in [1.29, 1.82) is 0 Å². The van der Waals surface area contributed by atoms with Gasteiger partial charge in [0.15, 0.2) is 5.03 Å². The van der Waals surface area contributed by atoms with Gasteiger partial charge in [0.05, 0.1) is 12.0 Å². The van der Waals surface area contributed by atoms with Gasteiger partial charge >= 0.3 is 29.6 Å². The Balaban J connectivity index is 0.00000289. The first-order chi connectivity index (χ1) is 7.79. The Labute approximate surface area is 155 Å². The van der Waals surface area contributed by atoms with Crippen LogP contribution in [0, 0.1) is 0 Å². The van der Waals surface area contributed by atoms with Gasteiger partial charge in [-0.1, -0.05) is 6.07 Å². The van der Waals surface area contributed by atoms with E-state index in [-0.39, 0.29) is 39.6 Å². The standard InChI is InChI=1S/C6H4Br3NO5S2.Na/c7-6(8,9)17(12,13)5-3-1-2-4(10-5)16-15-14-11;/h1-3,11H;/q;+1/p-1. The largest absolute Gasteiger partial charge is 1.00 e. The Hall–Kier alpha value is 1.77. The van der Waals surface area contributed by atoms with Crippen molar-refractivity contribution in [2.75, 3.05) is 0 Å². The van der Waals surface area contributed by atoms with Crippen LogP contribution in [0.15, 0.2) is 28.3 Å². The van der Waals surface area contributed by atoms with Crippen LogP contribution in [0.2, 0.25) is 0 Å². The minimum Gasteiger partial charge on any atom is -0.691 e. The van der Waals surface area contributed by atoms with E-state index in [4.69, 9.17) is 0 Å². The molecule has 0 atom stereocenters. The quantitative estimate of drug-likeness (QED) is 0.172. The second kappa shape index (κ2) is 8.27. The Kier molecular flexibility index (Phi) is 9.08. The zero-order valence-electron chi connectivity index (χ0n) is 8.67. The number of pyridine rings is 1. The number of nitrogens with zero attached hydrogens (tertiary/aromatic N) is 1. The molecule has 0 saturated heterocycles. The van der Waals surface area contributed by atoms with Crippen molar-refractivity contribution in [2.24, 2.45) is 0 Å². The fourth-order valence-corrected chi connectivity index (χ4v) is 3.39. The third kappa shape index (κ3) is 5.28. The van der Waals surface area contributed by atoms with Crippen LogP contribution in [0.1, 0.15) is 0 Å². The first-order valence-electron chi connectivity index (χ1n) is 3.70. The number of halogens is 3. The maximum absolute atomic E-state index is 11.9. The minimum atomic E-state index is -3.77. The second-order valence-corrected chi connectivity index (χ2v) is 13.6. The van der Waals surface area contributed by atoms with E-state index in [0.717, 1.165) is 0 Å². The molecule has 96 valence electrons. The molecule has 0 amide bonds. The summed E-state index contributed by atoms with van der Waals surface area (Å²) < 4.78 is 26.4. The molecule has 0 aliphatic carbocycles. The molecule has 1 aromatic heterocycles. The van der Waals surface area contributed by atoms with Gasteiger partial charge in [0, 0.05) is 0 Å². The van der Waals surface area contributed by atoms with Crippen LogP contribution >= 0.6 is 59.8 Å². The molecule has 6 nitrogen and oxygen atoms in total. The number of sulfone groups is 1. The average molecular weight is 496 g/mol. The van der Waals surface area contributed by atoms with E-state index in [2.05, 4.69) is 62.1 Å². The van der Waals surface area contributed by atoms with Gasteiger partial charge in [-0.05, 0) is 59.9 Å². The zero-order chi connectivity index (χ0) is 13.1. The maximum Gasteiger partial charge on any atom is 1.00 e. The van der Waals surface area contributed by atoms with Gasteiger partial charge in [-0.3, -0.25) is 5.04 Å². The van der Waals surface area contributed by atoms with Gasteiger partial charge in [0.25, 0.3) is 0 Å². The van der Waals surface area contributed by atoms with Gasteiger partial charge in [-0.25, -0.2) is 13.4 Å². The molecule has 0 saturated carbocycles. The number of rotatable bonds is 4. The molecule has 0 aromatic carbocycles. The minimum absolute atomic E-state index is 0. The van der Waals surface area contributed by atoms with Crippen molar-refractivity contribution in [3.05, 3.63) is 18.2 Å². The van der Waals surface area contributed by atoms with Gasteiger partial charge in [0.1, 0.15) is 5.03 Å². The third-order valence-corrected chi connectivity index (χ3v) is 7.17. The molecule has 0 N–H and O–H groups in total. The van der Waals surface area contributed by atoms with E-state index in [1.54, 1.807) is 0 Å². The van der Waals surface area contributed by atoms with E-state index in [9.17, 15) is 13.7 Å². The summed E-state index contributed by atoms with van der Waals surface area (Å²) in [5.41, 5.74) is 0. The summed E-state index contributed by atoms with van der Waals surface area (Å²) in [4.78, 5) is 3.79. The Morgan fingerprint density at radius 1 is 1.33 bits per heavy atom. The molecule has 0 aliphatic rings. The van der Waals surface area contributed by atoms with Crippen LogP contribution < -0.4 is 34.8 Å². The molecule has 0 aliphatic heterocycles. The van der Waals surface area contributed by atoms with E-state index in [1.807, 2.05) is 0 Å². The summed E-state index contributed by atoms with van der Waals surface area (Å²) in [6.07, 6.45) is 0. The van der Waals surface area contributed by atoms with Crippen molar-refractivity contribution in [1.82, 2.24) is 4.98 Å². The smallest absolute Gasteiger partial charge is 0.691 e. The molecular weight excluding hydrogens is 493 g/mol. The molecule has 1 rings (SSSR count). The molecule has 0 bridgehead atoms. The molecule has 12 heteroatoms. The normalized spacial score (nSPS) is 12.0.